The van der Waals surface area contributed by atoms with Crippen LogP contribution >= 0.6 is 23.2 Å². The lowest BCUT2D eigenvalue weighted by atomic mass is 10.0. The third-order valence-electron chi connectivity index (χ3n) is 2.01. The molecule has 3 N–H and O–H groups in total. The quantitative estimate of drug-likeness (QED) is 0.854. The van der Waals surface area contributed by atoms with Crippen LogP contribution in [0.4, 0.5) is 5.69 Å². The molecule has 2 nitrogen and oxygen atoms in total. The van der Waals surface area contributed by atoms with Crippen molar-refractivity contribution in [2.45, 2.75) is 25.8 Å². The Labute approximate surface area is 101 Å². The van der Waals surface area contributed by atoms with Crippen molar-refractivity contribution < 1.29 is 0 Å². The average Bonchev–Trinajstić information content (AvgIpc) is 2.09. The summed E-state index contributed by atoms with van der Waals surface area (Å²) < 4.78 is 0. The molecule has 1 aromatic rings. The second kappa shape index (κ2) is 5.06. The second-order valence-corrected chi connectivity index (χ2v) is 5.13. The monoisotopic (exact) mass is 246 g/mol. The fourth-order valence-corrected chi connectivity index (χ4v) is 1.51. The van der Waals surface area contributed by atoms with Crippen LogP contribution in [-0.2, 0) is 0 Å². The molecule has 0 heterocycles. The third kappa shape index (κ3) is 4.74. The molecule has 4 heteroatoms. The van der Waals surface area contributed by atoms with E-state index in [0.29, 0.717) is 10.0 Å². The zero-order chi connectivity index (χ0) is 11.5. The highest BCUT2D eigenvalue weighted by molar-refractivity contribution is 6.35. The molecule has 0 fully saturated rings. The van der Waals surface area contributed by atoms with Gasteiger partial charge in [-0.2, -0.15) is 0 Å². The zero-order valence-corrected chi connectivity index (χ0v) is 10.5. The highest BCUT2D eigenvalue weighted by Gasteiger charge is 2.10. The van der Waals surface area contributed by atoms with Gasteiger partial charge in [-0.05, 0) is 38.5 Å². The molecule has 0 unspecified atom stereocenters. The molecular weight excluding hydrogens is 231 g/mol. The van der Waals surface area contributed by atoms with E-state index < -0.39 is 0 Å². The predicted molar refractivity (Wildman–Crippen MR) is 67.8 cm³/mol. The second-order valence-electron chi connectivity index (χ2n) is 4.29. The lowest BCUT2D eigenvalue weighted by Gasteiger charge is -2.19. The van der Waals surface area contributed by atoms with E-state index in [0.717, 1.165) is 18.7 Å². The number of hydrogen-bond donors (Lipinski definition) is 2. The molecular formula is C11H16Cl2N2. The fraction of sp³-hybridized carbons (Fsp3) is 0.455. The molecule has 15 heavy (non-hydrogen) atoms. The van der Waals surface area contributed by atoms with Crippen molar-refractivity contribution in [2.24, 2.45) is 5.73 Å². The highest BCUT2D eigenvalue weighted by Crippen LogP contribution is 2.25. The van der Waals surface area contributed by atoms with E-state index in [1.54, 1.807) is 12.1 Å². The summed E-state index contributed by atoms with van der Waals surface area (Å²) in [7, 11) is 0. The van der Waals surface area contributed by atoms with Crippen LogP contribution in [0.1, 0.15) is 20.3 Å². The molecule has 0 spiro atoms. The van der Waals surface area contributed by atoms with E-state index in [1.807, 2.05) is 19.9 Å². The van der Waals surface area contributed by atoms with Gasteiger partial charge in [0.15, 0.2) is 0 Å². The summed E-state index contributed by atoms with van der Waals surface area (Å²) in [4.78, 5) is 0. The first-order chi connectivity index (χ1) is 6.88. The maximum atomic E-state index is 5.99. The Kier molecular flexibility index (Phi) is 4.26. The van der Waals surface area contributed by atoms with Crippen molar-refractivity contribution in [2.75, 3.05) is 11.9 Å². The first-order valence-electron chi connectivity index (χ1n) is 4.86. The van der Waals surface area contributed by atoms with Crippen LogP contribution in [-0.4, -0.2) is 12.1 Å². The molecule has 0 aromatic heterocycles. The Morgan fingerprint density at radius 1 is 1.33 bits per heavy atom. The van der Waals surface area contributed by atoms with Gasteiger partial charge in [0, 0.05) is 17.1 Å². The molecule has 0 radical (unpaired) electrons. The fourth-order valence-electron chi connectivity index (χ4n) is 1.15. The highest BCUT2D eigenvalue weighted by atomic mass is 35.5. The summed E-state index contributed by atoms with van der Waals surface area (Å²) >= 11 is 11.9. The summed E-state index contributed by atoms with van der Waals surface area (Å²) in [5.41, 5.74) is 6.55. The first kappa shape index (κ1) is 12.6. The summed E-state index contributed by atoms with van der Waals surface area (Å²) in [6.45, 7) is 4.77. The molecule has 0 aliphatic carbocycles. The summed E-state index contributed by atoms with van der Waals surface area (Å²) in [5, 5.41) is 4.56. The van der Waals surface area contributed by atoms with Gasteiger partial charge in [0.05, 0.1) is 10.7 Å². The molecule has 0 saturated carbocycles. The Morgan fingerprint density at radius 3 is 2.60 bits per heavy atom. The maximum Gasteiger partial charge on any atom is 0.0638 e. The Hall–Kier alpha value is -0.440. The van der Waals surface area contributed by atoms with Gasteiger partial charge in [-0.3, -0.25) is 0 Å². The van der Waals surface area contributed by atoms with Crippen molar-refractivity contribution in [3.8, 4) is 0 Å². The van der Waals surface area contributed by atoms with E-state index in [9.17, 15) is 0 Å². The minimum Gasteiger partial charge on any atom is -0.384 e. The van der Waals surface area contributed by atoms with Crippen LogP contribution in [0.25, 0.3) is 0 Å². The number of halogens is 2. The molecule has 0 aliphatic heterocycles. The van der Waals surface area contributed by atoms with E-state index in [4.69, 9.17) is 28.9 Å². The number of nitrogens with two attached hydrogens (primary N) is 1. The Morgan fingerprint density at radius 2 is 2.00 bits per heavy atom. The minimum absolute atomic E-state index is 0.169. The third-order valence-corrected chi connectivity index (χ3v) is 2.58. The molecule has 0 atom stereocenters. The van der Waals surface area contributed by atoms with Gasteiger partial charge in [-0.1, -0.05) is 23.2 Å². The molecule has 0 amide bonds. The van der Waals surface area contributed by atoms with Gasteiger partial charge in [0.2, 0.25) is 0 Å². The van der Waals surface area contributed by atoms with Crippen LogP contribution in [0.3, 0.4) is 0 Å². The standard InChI is InChI=1S/C11H16Cl2N2/c1-11(2,14)5-6-15-10-7-8(12)3-4-9(10)13/h3-4,7,15H,5-6,14H2,1-2H3. The zero-order valence-electron chi connectivity index (χ0n) is 8.98. The van der Waals surface area contributed by atoms with E-state index in [-0.39, 0.29) is 5.54 Å². The van der Waals surface area contributed by atoms with Crippen molar-refractivity contribution in [1.29, 1.82) is 0 Å². The van der Waals surface area contributed by atoms with Gasteiger partial charge in [-0.25, -0.2) is 0 Å². The van der Waals surface area contributed by atoms with Crippen LogP contribution in [0.2, 0.25) is 10.0 Å². The van der Waals surface area contributed by atoms with Gasteiger partial charge >= 0.3 is 0 Å². The normalized spacial score (nSPS) is 11.5. The molecule has 84 valence electrons. The Bertz CT molecular complexity index is 332. The number of nitrogens with one attached hydrogen (secondary N) is 1. The minimum atomic E-state index is -0.169. The number of hydrogen-bond acceptors (Lipinski definition) is 2. The smallest absolute Gasteiger partial charge is 0.0638 e. The van der Waals surface area contributed by atoms with Crippen molar-refractivity contribution in [3.63, 3.8) is 0 Å². The van der Waals surface area contributed by atoms with Gasteiger partial charge in [-0.15, -0.1) is 0 Å². The van der Waals surface area contributed by atoms with Crippen LogP contribution in [0.5, 0.6) is 0 Å². The van der Waals surface area contributed by atoms with Crippen LogP contribution < -0.4 is 11.1 Å². The van der Waals surface area contributed by atoms with E-state index >= 15 is 0 Å². The predicted octanol–water partition coefficient (Wildman–Crippen LogP) is 3.53. The molecule has 1 rings (SSSR count). The first-order valence-corrected chi connectivity index (χ1v) is 5.62. The largest absolute Gasteiger partial charge is 0.384 e. The van der Waals surface area contributed by atoms with Gasteiger partial charge in [0.1, 0.15) is 0 Å². The summed E-state index contributed by atoms with van der Waals surface area (Å²) in [6.07, 6.45) is 0.871. The topological polar surface area (TPSA) is 38.0 Å². The molecule has 0 aliphatic rings. The van der Waals surface area contributed by atoms with Crippen molar-refractivity contribution >= 4 is 28.9 Å². The van der Waals surface area contributed by atoms with Gasteiger partial charge in [0.25, 0.3) is 0 Å². The molecule has 0 bridgehead atoms. The van der Waals surface area contributed by atoms with E-state index in [1.165, 1.54) is 0 Å². The lowest BCUT2D eigenvalue weighted by Crippen LogP contribution is -2.34. The van der Waals surface area contributed by atoms with Crippen molar-refractivity contribution in [3.05, 3.63) is 28.2 Å². The molecule has 1 aromatic carbocycles. The SMILES string of the molecule is CC(C)(N)CCNc1cc(Cl)ccc1Cl. The van der Waals surface area contributed by atoms with Crippen molar-refractivity contribution in [1.82, 2.24) is 0 Å². The van der Waals surface area contributed by atoms with Gasteiger partial charge < -0.3 is 11.1 Å². The maximum absolute atomic E-state index is 5.99. The number of anilines is 1. The Balaban J connectivity index is 2.54. The summed E-state index contributed by atoms with van der Waals surface area (Å²) in [6, 6.07) is 5.36. The van der Waals surface area contributed by atoms with E-state index in [2.05, 4.69) is 5.32 Å². The van der Waals surface area contributed by atoms with Crippen LogP contribution in [0.15, 0.2) is 18.2 Å². The number of rotatable bonds is 4. The lowest BCUT2D eigenvalue weighted by molar-refractivity contribution is 0.491. The average molecular weight is 247 g/mol. The summed E-state index contributed by atoms with van der Waals surface area (Å²) in [5.74, 6) is 0. The van der Waals surface area contributed by atoms with Crippen LogP contribution in [0, 0.1) is 0 Å². The molecule has 0 saturated heterocycles. The number of benzene rings is 1.